The molecule has 0 atom stereocenters. The van der Waals surface area contributed by atoms with E-state index >= 15 is 0 Å². The molecule has 1 rings (SSSR count). The van der Waals surface area contributed by atoms with Crippen LogP contribution in [0, 0.1) is 5.41 Å². The molecular formula is C12H13BrCl2O. The van der Waals surface area contributed by atoms with E-state index in [9.17, 15) is 4.79 Å². The third kappa shape index (κ3) is 3.47. The first-order valence-electron chi connectivity index (χ1n) is 4.90. The number of Topliss-reactive ketones (excluding diaryl/α,β-unsaturated/α-hetero) is 1. The Kier molecular flexibility index (Phi) is 4.84. The van der Waals surface area contributed by atoms with Crippen LogP contribution in [0.3, 0.4) is 0 Å². The van der Waals surface area contributed by atoms with Gasteiger partial charge in [0.25, 0.3) is 0 Å². The first-order valence-corrected chi connectivity index (χ1v) is 6.78. The largest absolute Gasteiger partial charge is 0.298 e. The van der Waals surface area contributed by atoms with Crippen LogP contribution in [-0.2, 0) is 11.2 Å². The molecule has 0 saturated carbocycles. The highest BCUT2D eigenvalue weighted by Crippen LogP contribution is 2.29. The summed E-state index contributed by atoms with van der Waals surface area (Å²) < 4.78 is 0. The van der Waals surface area contributed by atoms with Crippen LogP contribution in [0.25, 0.3) is 0 Å². The number of hydrogen-bond acceptors (Lipinski definition) is 1. The van der Waals surface area contributed by atoms with Crippen molar-refractivity contribution in [1.82, 2.24) is 0 Å². The zero-order valence-electron chi connectivity index (χ0n) is 9.19. The Labute approximate surface area is 114 Å². The van der Waals surface area contributed by atoms with Gasteiger partial charge < -0.3 is 0 Å². The number of halogens is 3. The number of carbonyl (C=O) groups excluding carboxylic acids is 1. The number of benzene rings is 1. The summed E-state index contributed by atoms with van der Waals surface area (Å²) >= 11 is 15.1. The fourth-order valence-electron chi connectivity index (χ4n) is 1.42. The van der Waals surface area contributed by atoms with Crippen LogP contribution >= 0.6 is 39.1 Å². The second-order valence-corrected chi connectivity index (χ2v) is 5.76. The van der Waals surface area contributed by atoms with Crippen molar-refractivity contribution in [3.63, 3.8) is 0 Å². The Balaban J connectivity index is 2.92. The molecule has 0 saturated heterocycles. The van der Waals surface area contributed by atoms with E-state index in [4.69, 9.17) is 23.2 Å². The lowest BCUT2D eigenvalue weighted by Crippen LogP contribution is -2.27. The van der Waals surface area contributed by atoms with Gasteiger partial charge in [-0.1, -0.05) is 59.0 Å². The Morgan fingerprint density at radius 3 is 2.50 bits per heavy atom. The van der Waals surface area contributed by atoms with Crippen molar-refractivity contribution in [3.8, 4) is 0 Å². The Hall–Kier alpha value is -0.0500. The molecule has 1 aromatic carbocycles. The van der Waals surface area contributed by atoms with Gasteiger partial charge in [0.2, 0.25) is 0 Å². The molecule has 0 aliphatic heterocycles. The topological polar surface area (TPSA) is 17.1 Å². The molecule has 0 aliphatic rings. The van der Waals surface area contributed by atoms with Gasteiger partial charge in [0.1, 0.15) is 5.78 Å². The molecule has 0 aromatic heterocycles. The minimum atomic E-state index is -0.416. The molecule has 0 radical (unpaired) electrons. The van der Waals surface area contributed by atoms with Crippen LogP contribution in [0.5, 0.6) is 0 Å². The van der Waals surface area contributed by atoms with Crippen LogP contribution < -0.4 is 0 Å². The smallest absolute Gasteiger partial charge is 0.149 e. The highest BCUT2D eigenvalue weighted by Gasteiger charge is 2.27. The average Bonchev–Trinajstić information content (AvgIpc) is 2.21. The van der Waals surface area contributed by atoms with E-state index in [-0.39, 0.29) is 5.78 Å². The van der Waals surface area contributed by atoms with Gasteiger partial charge in [-0.15, -0.1) is 0 Å². The molecule has 0 spiro atoms. The summed E-state index contributed by atoms with van der Waals surface area (Å²) in [5.74, 6) is 0.165. The highest BCUT2D eigenvalue weighted by atomic mass is 79.9. The summed E-state index contributed by atoms with van der Waals surface area (Å²) in [7, 11) is 0. The van der Waals surface area contributed by atoms with Crippen molar-refractivity contribution >= 4 is 44.9 Å². The van der Waals surface area contributed by atoms with E-state index in [0.29, 0.717) is 21.8 Å². The van der Waals surface area contributed by atoms with Crippen molar-refractivity contribution in [2.75, 3.05) is 5.33 Å². The molecule has 1 nitrogen and oxygen atoms in total. The minimum Gasteiger partial charge on any atom is -0.298 e. The Morgan fingerprint density at radius 2 is 2.00 bits per heavy atom. The molecule has 0 heterocycles. The maximum absolute atomic E-state index is 11.7. The van der Waals surface area contributed by atoms with Gasteiger partial charge in [-0.25, -0.2) is 0 Å². The van der Waals surface area contributed by atoms with Crippen molar-refractivity contribution in [2.24, 2.45) is 5.41 Å². The van der Waals surface area contributed by atoms with Gasteiger partial charge in [0, 0.05) is 15.5 Å². The minimum absolute atomic E-state index is 0.165. The molecule has 0 N–H and O–H groups in total. The van der Waals surface area contributed by atoms with E-state index < -0.39 is 5.41 Å². The molecule has 0 fully saturated rings. The van der Waals surface area contributed by atoms with Crippen molar-refractivity contribution in [1.29, 1.82) is 0 Å². The summed E-state index contributed by atoms with van der Waals surface area (Å²) in [5.41, 5.74) is 0.534. The van der Waals surface area contributed by atoms with E-state index in [0.717, 1.165) is 5.56 Å². The molecule has 88 valence electrons. The van der Waals surface area contributed by atoms with Gasteiger partial charge in [0.15, 0.2) is 0 Å². The normalized spacial score (nSPS) is 11.6. The fourth-order valence-corrected chi connectivity index (χ4v) is 2.65. The second kappa shape index (κ2) is 5.52. The molecule has 4 heteroatoms. The number of alkyl halides is 1. The van der Waals surface area contributed by atoms with Crippen molar-refractivity contribution in [3.05, 3.63) is 33.8 Å². The lowest BCUT2D eigenvalue weighted by Gasteiger charge is -2.22. The van der Waals surface area contributed by atoms with Gasteiger partial charge >= 0.3 is 0 Å². The monoisotopic (exact) mass is 322 g/mol. The SMILES string of the molecule is CC(C)(Cc1ccc(Cl)cc1Cl)C(=O)CBr. The first kappa shape index (κ1) is 14.0. The molecule has 0 aliphatic carbocycles. The van der Waals surface area contributed by atoms with Gasteiger partial charge in [-0.05, 0) is 24.1 Å². The van der Waals surface area contributed by atoms with E-state index in [1.807, 2.05) is 19.9 Å². The number of ketones is 1. The quantitative estimate of drug-likeness (QED) is 0.744. The molecule has 16 heavy (non-hydrogen) atoms. The lowest BCUT2D eigenvalue weighted by atomic mass is 9.82. The van der Waals surface area contributed by atoms with E-state index in [1.165, 1.54) is 0 Å². The molecule has 0 unspecified atom stereocenters. The number of rotatable bonds is 4. The highest BCUT2D eigenvalue weighted by molar-refractivity contribution is 9.09. The maximum Gasteiger partial charge on any atom is 0.149 e. The van der Waals surface area contributed by atoms with Crippen LogP contribution in [0.2, 0.25) is 10.0 Å². The van der Waals surface area contributed by atoms with Crippen LogP contribution in [0.15, 0.2) is 18.2 Å². The first-order chi connectivity index (χ1) is 7.36. The third-order valence-electron chi connectivity index (χ3n) is 2.52. The van der Waals surface area contributed by atoms with Crippen LogP contribution in [-0.4, -0.2) is 11.1 Å². The Bertz CT molecular complexity index is 402. The van der Waals surface area contributed by atoms with Gasteiger partial charge in [-0.3, -0.25) is 4.79 Å². The summed E-state index contributed by atoms with van der Waals surface area (Å²) in [4.78, 5) is 11.7. The molecule has 0 amide bonds. The Morgan fingerprint density at radius 1 is 1.38 bits per heavy atom. The lowest BCUT2D eigenvalue weighted by molar-refractivity contribution is -0.124. The predicted molar refractivity (Wildman–Crippen MR) is 72.7 cm³/mol. The van der Waals surface area contributed by atoms with Crippen LogP contribution in [0.1, 0.15) is 19.4 Å². The van der Waals surface area contributed by atoms with Gasteiger partial charge in [0.05, 0.1) is 5.33 Å². The number of hydrogen-bond donors (Lipinski definition) is 0. The summed E-state index contributed by atoms with van der Waals surface area (Å²) in [6, 6.07) is 5.36. The zero-order valence-corrected chi connectivity index (χ0v) is 12.3. The standard InChI is InChI=1S/C12H13BrCl2O/c1-12(2,11(16)7-13)6-8-3-4-9(14)5-10(8)15/h3-5H,6-7H2,1-2H3. The summed E-state index contributed by atoms with van der Waals surface area (Å²) in [6.07, 6.45) is 0.618. The molecule has 1 aromatic rings. The zero-order chi connectivity index (χ0) is 12.3. The van der Waals surface area contributed by atoms with E-state index in [1.54, 1.807) is 12.1 Å². The average molecular weight is 324 g/mol. The summed E-state index contributed by atoms with van der Waals surface area (Å²) in [5, 5.41) is 1.59. The third-order valence-corrected chi connectivity index (χ3v) is 3.62. The van der Waals surface area contributed by atoms with Crippen LogP contribution in [0.4, 0.5) is 0 Å². The molecule has 0 bridgehead atoms. The summed E-state index contributed by atoms with van der Waals surface area (Å²) in [6.45, 7) is 3.84. The second-order valence-electron chi connectivity index (χ2n) is 4.35. The predicted octanol–water partition coefficient (Wildman–Crippen LogP) is 4.53. The number of carbonyl (C=O) groups is 1. The maximum atomic E-state index is 11.7. The fraction of sp³-hybridized carbons (Fsp3) is 0.417. The van der Waals surface area contributed by atoms with E-state index in [2.05, 4.69) is 15.9 Å². The van der Waals surface area contributed by atoms with Crippen molar-refractivity contribution in [2.45, 2.75) is 20.3 Å². The van der Waals surface area contributed by atoms with Crippen molar-refractivity contribution < 1.29 is 4.79 Å². The molecular weight excluding hydrogens is 311 g/mol. The van der Waals surface area contributed by atoms with Gasteiger partial charge in [-0.2, -0.15) is 0 Å².